The quantitative estimate of drug-likeness (QED) is 0.316. The average molecular weight is 517 g/mol. The van der Waals surface area contributed by atoms with Gasteiger partial charge < -0.3 is 9.05 Å². The van der Waals surface area contributed by atoms with Crippen molar-refractivity contribution in [1.29, 1.82) is 0 Å². The number of benzene rings is 3. The number of para-hydroxylation sites is 1. The smallest absolute Gasteiger partial charge is 0.326 e. The first-order chi connectivity index (χ1) is 16.9. The summed E-state index contributed by atoms with van der Waals surface area (Å²) in [4.78, 5) is 0. The van der Waals surface area contributed by atoms with E-state index in [0.29, 0.717) is 0 Å². The molecule has 0 N–H and O–H groups in total. The standard InChI is InChI=1S/C34H45O2P/c1-31(2,3)22-20-24-23-16-13-14-19-28(23)37(35-29(24)27(21-22)34(10,11)12)36-30-25(32(4,5)6)17-15-18-26(30)33(7,8)9/h13-21H,1-12H3. The Labute approximate surface area is 226 Å². The molecule has 3 aromatic carbocycles. The van der Waals surface area contributed by atoms with Gasteiger partial charge in [-0.25, -0.2) is 0 Å². The van der Waals surface area contributed by atoms with Crippen molar-refractivity contribution in [3.8, 4) is 22.6 Å². The third kappa shape index (κ3) is 5.46. The van der Waals surface area contributed by atoms with E-state index in [1.165, 1.54) is 33.4 Å². The van der Waals surface area contributed by atoms with Crippen LogP contribution in [0.3, 0.4) is 0 Å². The predicted molar refractivity (Wildman–Crippen MR) is 161 cm³/mol. The third-order valence-corrected chi connectivity index (χ3v) is 8.61. The van der Waals surface area contributed by atoms with Crippen LogP contribution >= 0.6 is 8.38 Å². The van der Waals surface area contributed by atoms with Gasteiger partial charge in [0, 0.05) is 22.3 Å². The molecule has 0 saturated carbocycles. The van der Waals surface area contributed by atoms with Crippen molar-refractivity contribution in [3.63, 3.8) is 0 Å². The Kier molecular flexibility index (Phi) is 6.86. The lowest BCUT2D eigenvalue weighted by atomic mass is 9.78. The zero-order chi connectivity index (χ0) is 27.6. The Balaban J connectivity index is 1.95. The Hall–Kier alpha value is -2.31. The normalized spacial score (nSPS) is 16.1. The minimum Gasteiger partial charge on any atom is -0.435 e. The Morgan fingerprint density at radius 2 is 1.11 bits per heavy atom. The fraction of sp³-hybridized carbons (Fsp3) is 0.471. The maximum Gasteiger partial charge on any atom is 0.326 e. The molecule has 198 valence electrons. The van der Waals surface area contributed by atoms with Gasteiger partial charge in [0.25, 0.3) is 0 Å². The summed E-state index contributed by atoms with van der Waals surface area (Å²) in [7, 11) is -1.38. The van der Waals surface area contributed by atoms with Crippen LogP contribution in [0.15, 0.2) is 54.6 Å². The minimum absolute atomic E-state index is 0.0376. The monoisotopic (exact) mass is 516 g/mol. The first-order valence-corrected chi connectivity index (χ1v) is 14.7. The number of hydrogen-bond donors (Lipinski definition) is 0. The largest absolute Gasteiger partial charge is 0.435 e. The predicted octanol–water partition coefficient (Wildman–Crippen LogP) is 9.95. The van der Waals surface area contributed by atoms with Crippen LogP contribution in [0.5, 0.6) is 11.5 Å². The molecule has 0 fully saturated rings. The van der Waals surface area contributed by atoms with Gasteiger partial charge in [-0.15, -0.1) is 0 Å². The molecule has 4 rings (SSSR count). The molecule has 0 spiro atoms. The SMILES string of the molecule is CC(C)(C)c1cc2c(c(C(C)(C)C)c1)OP(Oc1c(C(C)(C)C)cccc1C(C)(C)C)c1ccccc1-2. The topological polar surface area (TPSA) is 18.5 Å². The third-order valence-electron chi connectivity index (χ3n) is 7.13. The van der Waals surface area contributed by atoms with Crippen LogP contribution in [0, 0.1) is 0 Å². The summed E-state index contributed by atoms with van der Waals surface area (Å²) in [5, 5.41) is 1.14. The first-order valence-electron chi connectivity index (χ1n) is 13.5. The van der Waals surface area contributed by atoms with Gasteiger partial charge in [-0.2, -0.15) is 0 Å². The van der Waals surface area contributed by atoms with E-state index < -0.39 is 8.38 Å². The van der Waals surface area contributed by atoms with Gasteiger partial charge in [0.05, 0.1) is 5.30 Å². The molecular formula is C34H45O2P. The van der Waals surface area contributed by atoms with Crippen LogP contribution in [-0.4, -0.2) is 0 Å². The van der Waals surface area contributed by atoms with Crippen LogP contribution in [0.4, 0.5) is 0 Å². The van der Waals surface area contributed by atoms with Crippen molar-refractivity contribution >= 4 is 13.7 Å². The summed E-state index contributed by atoms with van der Waals surface area (Å²) in [6, 6.07) is 19.9. The molecule has 0 aliphatic carbocycles. The fourth-order valence-corrected chi connectivity index (χ4v) is 6.44. The second-order valence-electron chi connectivity index (χ2n) is 14.5. The summed E-state index contributed by atoms with van der Waals surface area (Å²) >= 11 is 0. The van der Waals surface area contributed by atoms with Crippen molar-refractivity contribution < 1.29 is 9.05 Å². The molecule has 0 bridgehead atoms. The highest BCUT2D eigenvalue weighted by molar-refractivity contribution is 7.57. The molecule has 1 atom stereocenters. The molecular weight excluding hydrogens is 471 g/mol. The van der Waals surface area contributed by atoms with E-state index in [0.717, 1.165) is 16.8 Å². The van der Waals surface area contributed by atoms with Gasteiger partial charge in [-0.3, -0.25) is 0 Å². The zero-order valence-corrected chi connectivity index (χ0v) is 25.9. The summed E-state index contributed by atoms with van der Waals surface area (Å²) < 4.78 is 14.0. The summed E-state index contributed by atoms with van der Waals surface area (Å²) in [5.41, 5.74) is 7.24. The van der Waals surface area contributed by atoms with Gasteiger partial charge in [0.15, 0.2) is 0 Å². The molecule has 37 heavy (non-hydrogen) atoms. The highest BCUT2D eigenvalue weighted by atomic mass is 31.2. The van der Waals surface area contributed by atoms with Gasteiger partial charge in [-0.05, 0) is 44.9 Å². The van der Waals surface area contributed by atoms with Crippen LogP contribution in [-0.2, 0) is 21.7 Å². The fourth-order valence-electron chi connectivity index (χ4n) is 4.88. The van der Waals surface area contributed by atoms with E-state index in [9.17, 15) is 0 Å². The molecule has 1 heterocycles. The maximum absolute atomic E-state index is 7.06. The molecule has 1 unspecified atom stereocenters. The molecule has 0 saturated heterocycles. The summed E-state index contributed by atoms with van der Waals surface area (Å²) in [6.45, 7) is 27.2. The van der Waals surface area contributed by atoms with E-state index in [1.54, 1.807) is 0 Å². The molecule has 1 aliphatic rings. The van der Waals surface area contributed by atoms with E-state index in [1.807, 2.05) is 0 Å². The molecule has 3 aromatic rings. The molecule has 0 amide bonds. The first kappa shape index (κ1) is 27.7. The maximum atomic E-state index is 7.06. The lowest BCUT2D eigenvalue weighted by Crippen LogP contribution is -2.25. The van der Waals surface area contributed by atoms with Gasteiger partial charge in [0.1, 0.15) is 11.5 Å². The Morgan fingerprint density at radius 3 is 1.62 bits per heavy atom. The average Bonchev–Trinajstić information content (AvgIpc) is 2.76. The molecule has 0 radical (unpaired) electrons. The number of hydrogen-bond acceptors (Lipinski definition) is 2. The lowest BCUT2D eigenvalue weighted by molar-refractivity contribution is 0.452. The molecule has 2 nitrogen and oxygen atoms in total. The van der Waals surface area contributed by atoms with E-state index >= 15 is 0 Å². The summed E-state index contributed by atoms with van der Waals surface area (Å²) in [5.74, 6) is 1.94. The Morgan fingerprint density at radius 1 is 0.568 bits per heavy atom. The van der Waals surface area contributed by atoms with Crippen molar-refractivity contribution in [3.05, 3.63) is 76.9 Å². The second kappa shape index (κ2) is 9.16. The van der Waals surface area contributed by atoms with Gasteiger partial charge in [-0.1, -0.05) is 126 Å². The highest BCUT2D eigenvalue weighted by Gasteiger charge is 2.37. The van der Waals surface area contributed by atoms with E-state index in [4.69, 9.17) is 9.05 Å². The highest BCUT2D eigenvalue weighted by Crippen LogP contribution is 2.55. The van der Waals surface area contributed by atoms with Crippen molar-refractivity contribution in [2.45, 2.75) is 105 Å². The number of rotatable bonds is 2. The number of fused-ring (bicyclic) bond motifs is 3. The van der Waals surface area contributed by atoms with Crippen molar-refractivity contribution in [1.82, 2.24) is 0 Å². The zero-order valence-electron chi connectivity index (χ0n) is 25.0. The van der Waals surface area contributed by atoms with Gasteiger partial charge >= 0.3 is 8.38 Å². The van der Waals surface area contributed by atoms with Crippen LogP contribution in [0.2, 0.25) is 0 Å². The molecule has 0 aromatic heterocycles. The molecule has 3 heteroatoms. The van der Waals surface area contributed by atoms with Crippen molar-refractivity contribution in [2.75, 3.05) is 0 Å². The van der Waals surface area contributed by atoms with Crippen LogP contribution in [0.1, 0.15) is 105 Å². The van der Waals surface area contributed by atoms with E-state index in [-0.39, 0.29) is 21.7 Å². The molecule has 1 aliphatic heterocycles. The Bertz CT molecular complexity index is 1280. The van der Waals surface area contributed by atoms with Crippen molar-refractivity contribution in [2.24, 2.45) is 0 Å². The van der Waals surface area contributed by atoms with E-state index in [2.05, 4.69) is 138 Å². The second-order valence-corrected chi connectivity index (χ2v) is 15.9. The minimum atomic E-state index is -1.38. The summed E-state index contributed by atoms with van der Waals surface area (Å²) in [6.07, 6.45) is 0. The van der Waals surface area contributed by atoms with Crippen LogP contribution in [0.25, 0.3) is 11.1 Å². The lowest BCUT2D eigenvalue weighted by Gasteiger charge is -2.36. The van der Waals surface area contributed by atoms with Crippen LogP contribution < -0.4 is 14.4 Å². The van der Waals surface area contributed by atoms with Gasteiger partial charge in [0.2, 0.25) is 0 Å².